The number of nitrogens with one attached hydrogen (secondary N) is 1. The first-order chi connectivity index (χ1) is 9.63. The normalized spacial score (nSPS) is 10.2. The molecule has 0 atom stereocenters. The lowest BCUT2D eigenvalue weighted by atomic mass is 9.97. The Bertz CT molecular complexity index is 626. The van der Waals surface area contributed by atoms with Gasteiger partial charge in [0.15, 0.2) is 0 Å². The highest BCUT2D eigenvalue weighted by Crippen LogP contribution is 2.32. The number of rotatable bonds is 5. The van der Waals surface area contributed by atoms with Crippen LogP contribution in [0.2, 0.25) is 0 Å². The fraction of sp³-hybridized carbons (Fsp3) is 0.133. The van der Waals surface area contributed by atoms with Gasteiger partial charge in [-0.2, -0.15) is 0 Å². The molecule has 0 bridgehead atoms. The SMILES string of the molecule is Nc1ccc(NCCO)c(-c2ccccc2C(=O)O)c1. The molecule has 5 heteroatoms. The Morgan fingerprint density at radius 1 is 1.15 bits per heavy atom. The minimum absolute atomic E-state index is 0.00953. The number of carbonyl (C=O) groups is 1. The quantitative estimate of drug-likeness (QED) is 0.625. The Labute approximate surface area is 116 Å². The molecule has 0 aliphatic heterocycles. The standard InChI is InChI=1S/C15H16N2O3/c16-10-5-6-14(17-7-8-18)13(9-10)11-3-1-2-4-12(11)15(19)20/h1-6,9,17-18H,7-8,16H2,(H,19,20). The van der Waals surface area contributed by atoms with Crippen molar-refractivity contribution in [3.05, 3.63) is 48.0 Å². The molecule has 0 aliphatic rings. The van der Waals surface area contributed by atoms with Gasteiger partial charge in [0.2, 0.25) is 0 Å². The van der Waals surface area contributed by atoms with Crippen molar-refractivity contribution in [1.29, 1.82) is 0 Å². The van der Waals surface area contributed by atoms with E-state index in [4.69, 9.17) is 10.8 Å². The maximum absolute atomic E-state index is 11.3. The van der Waals surface area contributed by atoms with Gasteiger partial charge in [-0.15, -0.1) is 0 Å². The largest absolute Gasteiger partial charge is 0.478 e. The van der Waals surface area contributed by atoms with Gasteiger partial charge >= 0.3 is 5.97 Å². The lowest BCUT2D eigenvalue weighted by Crippen LogP contribution is -2.08. The maximum Gasteiger partial charge on any atom is 0.336 e. The highest BCUT2D eigenvalue weighted by atomic mass is 16.4. The van der Waals surface area contributed by atoms with Crippen LogP contribution in [0.5, 0.6) is 0 Å². The van der Waals surface area contributed by atoms with Gasteiger partial charge < -0.3 is 21.3 Å². The van der Waals surface area contributed by atoms with Gasteiger partial charge in [0.05, 0.1) is 12.2 Å². The van der Waals surface area contributed by atoms with Gasteiger partial charge in [-0.3, -0.25) is 0 Å². The average molecular weight is 272 g/mol. The fourth-order valence-electron chi connectivity index (χ4n) is 2.03. The molecule has 0 saturated carbocycles. The Morgan fingerprint density at radius 2 is 1.90 bits per heavy atom. The molecule has 5 nitrogen and oxygen atoms in total. The molecule has 104 valence electrons. The summed E-state index contributed by atoms with van der Waals surface area (Å²) in [5, 5.41) is 21.2. The Balaban J connectivity index is 2.56. The summed E-state index contributed by atoms with van der Waals surface area (Å²) in [6.45, 7) is 0.372. The van der Waals surface area contributed by atoms with E-state index in [1.165, 1.54) is 0 Å². The first-order valence-electron chi connectivity index (χ1n) is 6.20. The molecule has 2 aromatic rings. The van der Waals surface area contributed by atoms with E-state index < -0.39 is 5.97 Å². The monoisotopic (exact) mass is 272 g/mol. The van der Waals surface area contributed by atoms with Crippen molar-refractivity contribution in [3.63, 3.8) is 0 Å². The molecule has 5 N–H and O–H groups in total. The van der Waals surface area contributed by atoms with Crippen molar-refractivity contribution < 1.29 is 15.0 Å². The summed E-state index contributed by atoms with van der Waals surface area (Å²) in [5.74, 6) is -0.990. The number of nitrogens with two attached hydrogens (primary N) is 1. The van der Waals surface area contributed by atoms with E-state index in [2.05, 4.69) is 5.32 Å². The predicted octanol–water partition coefficient (Wildman–Crippen LogP) is 2.04. The third-order valence-electron chi connectivity index (χ3n) is 2.92. The minimum atomic E-state index is -0.990. The van der Waals surface area contributed by atoms with Gasteiger partial charge in [-0.05, 0) is 29.8 Å². The number of aliphatic hydroxyl groups is 1. The minimum Gasteiger partial charge on any atom is -0.478 e. The average Bonchev–Trinajstić information content (AvgIpc) is 2.46. The summed E-state index contributed by atoms with van der Waals surface area (Å²) in [6, 6.07) is 12.0. The van der Waals surface area contributed by atoms with Gasteiger partial charge in [0.25, 0.3) is 0 Å². The van der Waals surface area contributed by atoms with Gasteiger partial charge in [0, 0.05) is 23.5 Å². The Hall–Kier alpha value is -2.53. The number of benzene rings is 2. The van der Waals surface area contributed by atoms with E-state index in [0.29, 0.717) is 23.4 Å². The lowest BCUT2D eigenvalue weighted by Gasteiger charge is -2.14. The molecule has 0 radical (unpaired) electrons. The number of anilines is 2. The third kappa shape index (κ3) is 2.89. The lowest BCUT2D eigenvalue weighted by molar-refractivity contribution is 0.0697. The molecule has 0 aromatic heterocycles. The fourth-order valence-corrected chi connectivity index (χ4v) is 2.03. The number of carboxylic acid groups (broad SMARTS) is 1. The van der Waals surface area contributed by atoms with E-state index >= 15 is 0 Å². The van der Waals surface area contributed by atoms with Crippen LogP contribution in [0.15, 0.2) is 42.5 Å². The van der Waals surface area contributed by atoms with E-state index in [9.17, 15) is 9.90 Å². The van der Waals surface area contributed by atoms with Gasteiger partial charge in [-0.1, -0.05) is 18.2 Å². The highest BCUT2D eigenvalue weighted by Gasteiger charge is 2.14. The second-order valence-corrected chi connectivity index (χ2v) is 4.31. The molecule has 0 amide bonds. The van der Waals surface area contributed by atoms with Crippen molar-refractivity contribution >= 4 is 17.3 Å². The van der Waals surface area contributed by atoms with Crippen molar-refractivity contribution in [2.24, 2.45) is 0 Å². The number of nitrogen functional groups attached to an aromatic ring is 1. The van der Waals surface area contributed by atoms with Crippen LogP contribution in [0, 0.1) is 0 Å². The molecule has 2 aromatic carbocycles. The molecule has 0 unspecified atom stereocenters. The van der Waals surface area contributed by atoms with Crippen LogP contribution in [0.3, 0.4) is 0 Å². The molecule has 0 spiro atoms. The number of carboxylic acids is 1. The number of hydrogen-bond donors (Lipinski definition) is 4. The van der Waals surface area contributed by atoms with Crippen LogP contribution in [0.1, 0.15) is 10.4 Å². The van der Waals surface area contributed by atoms with Crippen molar-refractivity contribution in [2.75, 3.05) is 24.2 Å². The second-order valence-electron chi connectivity index (χ2n) is 4.31. The zero-order chi connectivity index (χ0) is 14.5. The first kappa shape index (κ1) is 13.9. The highest BCUT2D eigenvalue weighted by molar-refractivity contribution is 5.98. The predicted molar refractivity (Wildman–Crippen MR) is 78.8 cm³/mol. The van der Waals surface area contributed by atoms with Crippen molar-refractivity contribution in [1.82, 2.24) is 0 Å². The van der Waals surface area contributed by atoms with Crippen molar-refractivity contribution in [3.8, 4) is 11.1 Å². The number of aliphatic hydroxyl groups excluding tert-OH is 1. The zero-order valence-electron chi connectivity index (χ0n) is 10.8. The van der Waals surface area contributed by atoms with Crippen LogP contribution in [0.25, 0.3) is 11.1 Å². The maximum atomic E-state index is 11.3. The van der Waals surface area contributed by atoms with Gasteiger partial charge in [0.1, 0.15) is 0 Å². The van der Waals surface area contributed by atoms with Gasteiger partial charge in [-0.25, -0.2) is 4.79 Å². The van der Waals surface area contributed by atoms with E-state index in [1.54, 1.807) is 42.5 Å². The molecular weight excluding hydrogens is 256 g/mol. The summed E-state index contributed by atoms with van der Waals surface area (Å²) in [6.07, 6.45) is 0. The zero-order valence-corrected chi connectivity index (χ0v) is 10.8. The topological polar surface area (TPSA) is 95.6 Å². The molecule has 0 fully saturated rings. The summed E-state index contributed by atoms with van der Waals surface area (Å²) < 4.78 is 0. The molecular formula is C15H16N2O3. The molecule has 0 heterocycles. The van der Waals surface area contributed by atoms with Crippen LogP contribution < -0.4 is 11.1 Å². The van der Waals surface area contributed by atoms with Crippen LogP contribution in [0.4, 0.5) is 11.4 Å². The summed E-state index contributed by atoms with van der Waals surface area (Å²) in [7, 11) is 0. The molecule has 20 heavy (non-hydrogen) atoms. The number of aromatic carboxylic acids is 1. The summed E-state index contributed by atoms with van der Waals surface area (Å²) in [4.78, 5) is 11.3. The Morgan fingerprint density at radius 3 is 2.60 bits per heavy atom. The Kier molecular flexibility index (Phi) is 4.22. The summed E-state index contributed by atoms with van der Waals surface area (Å²) in [5.41, 5.74) is 8.59. The van der Waals surface area contributed by atoms with Crippen LogP contribution in [-0.4, -0.2) is 29.3 Å². The second kappa shape index (κ2) is 6.08. The summed E-state index contributed by atoms with van der Waals surface area (Å²) >= 11 is 0. The van der Waals surface area contributed by atoms with Crippen molar-refractivity contribution in [2.45, 2.75) is 0 Å². The van der Waals surface area contributed by atoms with E-state index in [0.717, 1.165) is 5.69 Å². The van der Waals surface area contributed by atoms with E-state index in [-0.39, 0.29) is 12.2 Å². The first-order valence-corrected chi connectivity index (χ1v) is 6.20. The molecule has 0 saturated heterocycles. The van der Waals surface area contributed by atoms with Crippen LogP contribution >= 0.6 is 0 Å². The van der Waals surface area contributed by atoms with Crippen LogP contribution in [-0.2, 0) is 0 Å². The van der Waals surface area contributed by atoms with E-state index in [1.807, 2.05) is 0 Å². The number of hydrogen-bond acceptors (Lipinski definition) is 4. The third-order valence-corrected chi connectivity index (χ3v) is 2.92. The molecule has 0 aliphatic carbocycles. The molecule has 2 rings (SSSR count). The smallest absolute Gasteiger partial charge is 0.336 e.